The SMILES string of the molecule is CC(=O)Oc1c(Cc2ccc(S(C)(=O)=O)cc2Cl)noc1C1CC1. The van der Waals surface area contributed by atoms with Crippen LogP contribution in [0.25, 0.3) is 0 Å². The number of benzene rings is 1. The zero-order valence-electron chi connectivity index (χ0n) is 13.2. The van der Waals surface area contributed by atoms with E-state index < -0.39 is 15.8 Å². The van der Waals surface area contributed by atoms with E-state index in [9.17, 15) is 13.2 Å². The molecule has 1 aliphatic rings. The lowest BCUT2D eigenvalue weighted by Crippen LogP contribution is -2.05. The van der Waals surface area contributed by atoms with E-state index >= 15 is 0 Å². The van der Waals surface area contributed by atoms with Crippen molar-refractivity contribution in [3.8, 4) is 5.75 Å². The Labute approximate surface area is 144 Å². The molecule has 0 spiro atoms. The van der Waals surface area contributed by atoms with Gasteiger partial charge in [-0.15, -0.1) is 0 Å². The van der Waals surface area contributed by atoms with E-state index in [1.807, 2.05) is 0 Å². The maximum atomic E-state index is 11.6. The molecule has 1 aromatic heterocycles. The average Bonchev–Trinajstić information content (AvgIpc) is 3.24. The average molecular weight is 370 g/mol. The number of hydrogen-bond acceptors (Lipinski definition) is 6. The molecule has 0 aliphatic heterocycles. The minimum Gasteiger partial charge on any atom is -0.421 e. The molecule has 1 fully saturated rings. The number of carbonyl (C=O) groups is 1. The molecule has 0 radical (unpaired) electrons. The van der Waals surface area contributed by atoms with E-state index in [0.29, 0.717) is 27.8 Å². The fourth-order valence-electron chi connectivity index (χ4n) is 2.38. The molecule has 0 bridgehead atoms. The number of nitrogens with zero attached hydrogens (tertiary/aromatic N) is 1. The number of carbonyl (C=O) groups excluding carboxylic acids is 1. The van der Waals surface area contributed by atoms with Gasteiger partial charge in [0.05, 0.1) is 4.90 Å². The maximum Gasteiger partial charge on any atom is 0.308 e. The van der Waals surface area contributed by atoms with E-state index in [1.54, 1.807) is 6.07 Å². The van der Waals surface area contributed by atoms with E-state index in [4.69, 9.17) is 20.9 Å². The molecular formula is C16H16ClNO5S. The molecule has 0 amide bonds. The molecule has 128 valence electrons. The Morgan fingerprint density at radius 3 is 2.67 bits per heavy atom. The number of halogens is 1. The third kappa shape index (κ3) is 3.62. The Morgan fingerprint density at radius 1 is 1.42 bits per heavy atom. The van der Waals surface area contributed by atoms with Gasteiger partial charge in [0.25, 0.3) is 0 Å². The first-order valence-corrected chi connectivity index (χ1v) is 9.68. The van der Waals surface area contributed by atoms with Crippen molar-refractivity contribution in [1.29, 1.82) is 0 Å². The van der Waals surface area contributed by atoms with Crippen molar-refractivity contribution < 1.29 is 22.5 Å². The molecule has 0 N–H and O–H groups in total. The van der Waals surface area contributed by atoms with E-state index in [-0.39, 0.29) is 17.2 Å². The first-order chi connectivity index (χ1) is 11.3. The first-order valence-electron chi connectivity index (χ1n) is 7.41. The molecule has 6 nitrogen and oxygen atoms in total. The summed E-state index contributed by atoms with van der Waals surface area (Å²) in [6.07, 6.45) is 3.36. The number of esters is 1. The predicted molar refractivity (Wildman–Crippen MR) is 87.2 cm³/mol. The minimum absolute atomic E-state index is 0.148. The number of ether oxygens (including phenoxy) is 1. The first kappa shape index (κ1) is 17.0. The topological polar surface area (TPSA) is 86.5 Å². The summed E-state index contributed by atoms with van der Waals surface area (Å²) in [5.74, 6) is 0.737. The van der Waals surface area contributed by atoms with Gasteiger partial charge in [-0.05, 0) is 30.5 Å². The van der Waals surface area contributed by atoms with Crippen LogP contribution in [0.15, 0.2) is 27.6 Å². The van der Waals surface area contributed by atoms with Crippen LogP contribution in [0.5, 0.6) is 5.75 Å². The fraction of sp³-hybridized carbons (Fsp3) is 0.375. The van der Waals surface area contributed by atoms with Crippen molar-refractivity contribution in [2.75, 3.05) is 6.26 Å². The summed E-state index contributed by atoms with van der Waals surface area (Å²) in [5.41, 5.74) is 1.15. The molecule has 1 aliphatic carbocycles. The monoisotopic (exact) mass is 369 g/mol. The summed E-state index contributed by atoms with van der Waals surface area (Å²) in [5, 5.41) is 4.32. The van der Waals surface area contributed by atoms with Crippen LogP contribution in [-0.4, -0.2) is 25.8 Å². The van der Waals surface area contributed by atoms with Crippen LogP contribution < -0.4 is 4.74 Å². The highest BCUT2D eigenvalue weighted by molar-refractivity contribution is 7.90. The maximum absolute atomic E-state index is 11.6. The number of rotatable bonds is 5. The highest BCUT2D eigenvalue weighted by atomic mass is 35.5. The third-order valence-electron chi connectivity index (χ3n) is 3.74. The Morgan fingerprint density at radius 2 is 2.12 bits per heavy atom. The van der Waals surface area contributed by atoms with Crippen molar-refractivity contribution in [1.82, 2.24) is 5.16 Å². The summed E-state index contributed by atoms with van der Waals surface area (Å²) < 4.78 is 33.8. The van der Waals surface area contributed by atoms with E-state index in [2.05, 4.69) is 5.16 Å². The molecule has 2 aromatic rings. The van der Waals surface area contributed by atoms with Gasteiger partial charge in [0.15, 0.2) is 21.3 Å². The van der Waals surface area contributed by atoms with E-state index in [0.717, 1.165) is 19.1 Å². The molecule has 1 heterocycles. The summed E-state index contributed by atoms with van der Waals surface area (Å²) in [7, 11) is -3.33. The Balaban J connectivity index is 1.92. The van der Waals surface area contributed by atoms with Crippen LogP contribution in [0.1, 0.15) is 42.7 Å². The summed E-state index contributed by atoms with van der Waals surface area (Å²) in [6.45, 7) is 1.32. The molecule has 1 aromatic carbocycles. The fourth-order valence-corrected chi connectivity index (χ4v) is 3.34. The van der Waals surface area contributed by atoms with Crippen molar-refractivity contribution in [3.05, 3.63) is 40.2 Å². The Kier molecular flexibility index (Phi) is 4.40. The van der Waals surface area contributed by atoms with Gasteiger partial charge in [0, 0.05) is 30.5 Å². The molecule has 0 unspecified atom stereocenters. The molecule has 3 rings (SSSR count). The second-order valence-electron chi connectivity index (χ2n) is 5.89. The molecule has 8 heteroatoms. The highest BCUT2D eigenvalue weighted by Crippen LogP contribution is 2.46. The lowest BCUT2D eigenvalue weighted by atomic mass is 10.1. The van der Waals surface area contributed by atoms with Crippen molar-refractivity contribution >= 4 is 27.4 Å². The highest BCUT2D eigenvalue weighted by Gasteiger charge is 2.34. The summed E-state index contributed by atoms with van der Waals surface area (Å²) in [4.78, 5) is 11.5. The van der Waals surface area contributed by atoms with Gasteiger partial charge >= 0.3 is 5.97 Å². The molecule has 24 heavy (non-hydrogen) atoms. The zero-order chi connectivity index (χ0) is 17.5. The normalized spacial score (nSPS) is 14.6. The zero-order valence-corrected chi connectivity index (χ0v) is 14.8. The standard InChI is InChI=1S/C16H16ClNO5S/c1-9(19)22-16-14(18-23-15(16)10-3-4-10)7-11-5-6-12(8-13(11)17)24(2,20)21/h5-6,8,10H,3-4,7H2,1-2H3. The Bertz CT molecular complexity index is 899. The third-order valence-corrected chi connectivity index (χ3v) is 5.21. The lowest BCUT2D eigenvalue weighted by molar-refractivity contribution is -0.132. The molecular weight excluding hydrogens is 354 g/mol. The smallest absolute Gasteiger partial charge is 0.308 e. The molecule has 0 saturated heterocycles. The molecule has 0 atom stereocenters. The van der Waals surface area contributed by atoms with Crippen LogP contribution in [-0.2, 0) is 21.1 Å². The van der Waals surface area contributed by atoms with Gasteiger partial charge in [-0.2, -0.15) is 0 Å². The van der Waals surface area contributed by atoms with E-state index in [1.165, 1.54) is 19.1 Å². The van der Waals surface area contributed by atoms with Crippen molar-refractivity contribution in [3.63, 3.8) is 0 Å². The van der Waals surface area contributed by atoms with Gasteiger partial charge in [-0.25, -0.2) is 8.42 Å². The number of aromatic nitrogens is 1. The summed E-state index contributed by atoms with van der Waals surface area (Å²) in [6, 6.07) is 4.52. The number of sulfone groups is 1. The summed E-state index contributed by atoms with van der Waals surface area (Å²) >= 11 is 6.19. The van der Waals surface area contributed by atoms with Crippen LogP contribution >= 0.6 is 11.6 Å². The van der Waals surface area contributed by atoms with Crippen LogP contribution in [0, 0.1) is 0 Å². The minimum atomic E-state index is -3.33. The lowest BCUT2D eigenvalue weighted by Gasteiger charge is -2.06. The second-order valence-corrected chi connectivity index (χ2v) is 8.32. The van der Waals surface area contributed by atoms with Gasteiger partial charge < -0.3 is 9.26 Å². The van der Waals surface area contributed by atoms with Gasteiger partial charge in [0.2, 0.25) is 0 Å². The predicted octanol–water partition coefficient (Wildman–Crippen LogP) is 3.13. The van der Waals surface area contributed by atoms with Crippen LogP contribution in [0.4, 0.5) is 0 Å². The van der Waals surface area contributed by atoms with Crippen LogP contribution in [0.3, 0.4) is 0 Å². The van der Waals surface area contributed by atoms with Crippen LogP contribution in [0.2, 0.25) is 5.02 Å². The Hall–Kier alpha value is -1.86. The van der Waals surface area contributed by atoms with Crippen molar-refractivity contribution in [2.45, 2.75) is 37.0 Å². The van der Waals surface area contributed by atoms with Gasteiger partial charge in [-0.1, -0.05) is 22.8 Å². The van der Waals surface area contributed by atoms with Gasteiger partial charge in [0.1, 0.15) is 5.69 Å². The largest absolute Gasteiger partial charge is 0.421 e. The second kappa shape index (κ2) is 6.22. The number of hydrogen-bond donors (Lipinski definition) is 0. The molecule has 1 saturated carbocycles. The quantitative estimate of drug-likeness (QED) is 0.752. The van der Waals surface area contributed by atoms with Crippen molar-refractivity contribution in [2.24, 2.45) is 0 Å². The van der Waals surface area contributed by atoms with Gasteiger partial charge in [-0.3, -0.25) is 4.79 Å².